The maximum Gasteiger partial charge on any atom is 0.222 e. The molecular weight excluding hydrogens is 362 g/mol. The van der Waals surface area contributed by atoms with E-state index < -0.39 is 0 Å². The lowest BCUT2D eigenvalue weighted by Crippen LogP contribution is -2.35. The Morgan fingerprint density at radius 1 is 1.11 bits per heavy atom. The lowest BCUT2D eigenvalue weighted by atomic mass is 10.0. The molecule has 0 saturated carbocycles. The molecule has 1 heterocycles. The van der Waals surface area contributed by atoms with E-state index in [4.69, 9.17) is 0 Å². The summed E-state index contributed by atoms with van der Waals surface area (Å²) in [5, 5.41) is 6.52. The second-order valence-electron chi connectivity index (χ2n) is 7.51. The van der Waals surface area contributed by atoms with Gasteiger partial charge in [-0.2, -0.15) is 0 Å². The topological polar surface area (TPSA) is 61.4 Å². The van der Waals surface area contributed by atoms with Crippen molar-refractivity contribution in [1.29, 1.82) is 0 Å². The van der Waals surface area contributed by atoms with Crippen LogP contribution in [0.3, 0.4) is 0 Å². The minimum absolute atomic E-state index is 0. The van der Waals surface area contributed by atoms with Crippen molar-refractivity contribution in [3.8, 4) is 0 Å². The van der Waals surface area contributed by atoms with Crippen molar-refractivity contribution < 1.29 is 9.59 Å². The van der Waals surface area contributed by atoms with Gasteiger partial charge >= 0.3 is 0 Å². The number of carbonyl (C=O) groups is 2. The van der Waals surface area contributed by atoms with Crippen molar-refractivity contribution in [1.82, 2.24) is 15.5 Å². The van der Waals surface area contributed by atoms with Crippen LogP contribution >= 0.6 is 12.4 Å². The number of nitrogens with one attached hydrogen (secondary N) is 2. The molecule has 0 radical (unpaired) electrons. The first-order chi connectivity index (χ1) is 12.6. The summed E-state index contributed by atoms with van der Waals surface area (Å²) in [6.45, 7) is 7.14. The molecule has 0 bridgehead atoms. The van der Waals surface area contributed by atoms with E-state index in [9.17, 15) is 9.59 Å². The first-order valence-electron chi connectivity index (χ1n) is 9.89. The van der Waals surface area contributed by atoms with Crippen LogP contribution in [0.2, 0.25) is 0 Å². The predicted molar refractivity (Wildman–Crippen MR) is 112 cm³/mol. The molecule has 6 heteroatoms. The fraction of sp³-hybridized carbons (Fsp3) is 0.619. The SMILES string of the molecule is CC(C)CC(=O)N1CCCCNC(c2ccccc2)CC(=O)NCCC1.Cl. The van der Waals surface area contributed by atoms with Crippen LogP contribution in [0.15, 0.2) is 30.3 Å². The van der Waals surface area contributed by atoms with E-state index in [2.05, 4.69) is 36.6 Å². The molecule has 1 unspecified atom stereocenters. The van der Waals surface area contributed by atoms with Crippen LogP contribution in [0.1, 0.15) is 57.6 Å². The van der Waals surface area contributed by atoms with Gasteiger partial charge in [0.2, 0.25) is 11.8 Å². The van der Waals surface area contributed by atoms with Crippen LogP contribution < -0.4 is 10.6 Å². The van der Waals surface area contributed by atoms with Gasteiger partial charge in [0.15, 0.2) is 0 Å². The van der Waals surface area contributed by atoms with Crippen molar-refractivity contribution in [3.63, 3.8) is 0 Å². The van der Waals surface area contributed by atoms with E-state index in [0.29, 0.717) is 25.3 Å². The van der Waals surface area contributed by atoms with E-state index in [-0.39, 0.29) is 30.3 Å². The highest BCUT2D eigenvalue weighted by Gasteiger charge is 2.18. The standard InChI is InChI=1S/C21H33N3O2.ClH/c1-17(2)15-21(26)24-13-7-6-11-22-19(18-9-4-3-5-10-18)16-20(25)23-12-8-14-24;/h3-5,9-10,17,19,22H,6-8,11-16H2,1-2H3,(H,23,25);1H. The monoisotopic (exact) mass is 395 g/mol. The van der Waals surface area contributed by atoms with Gasteiger partial charge in [-0.25, -0.2) is 0 Å². The Morgan fingerprint density at radius 3 is 2.52 bits per heavy atom. The molecule has 1 aromatic carbocycles. The van der Waals surface area contributed by atoms with Crippen LogP contribution in [-0.2, 0) is 9.59 Å². The minimum Gasteiger partial charge on any atom is -0.356 e. The zero-order valence-corrected chi connectivity index (χ0v) is 17.4. The van der Waals surface area contributed by atoms with Gasteiger partial charge in [-0.1, -0.05) is 44.2 Å². The predicted octanol–water partition coefficient (Wildman–Crippen LogP) is 3.30. The molecule has 1 aromatic rings. The third-order valence-electron chi connectivity index (χ3n) is 4.70. The number of hydrogen-bond acceptors (Lipinski definition) is 3. The fourth-order valence-corrected chi connectivity index (χ4v) is 3.29. The van der Waals surface area contributed by atoms with Crippen molar-refractivity contribution in [2.75, 3.05) is 26.2 Å². The number of rotatable bonds is 3. The van der Waals surface area contributed by atoms with Gasteiger partial charge in [-0.3, -0.25) is 9.59 Å². The van der Waals surface area contributed by atoms with Gasteiger partial charge < -0.3 is 15.5 Å². The van der Waals surface area contributed by atoms with Crippen LogP contribution in [0, 0.1) is 5.92 Å². The Hall–Kier alpha value is -1.59. The lowest BCUT2D eigenvalue weighted by molar-refractivity contribution is -0.132. The third kappa shape index (κ3) is 8.76. The largest absolute Gasteiger partial charge is 0.356 e. The van der Waals surface area contributed by atoms with Gasteiger partial charge in [0.1, 0.15) is 0 Å². The highest BCUT2D eigenvalue weighted by atomic mass is 35.5. The number of nitrogens with zero attached hydrogens (tertiary/aromatic N) is 1. The minimum atomic E-state index is 0. The zero-order valence-electron chi connectivity index (χ0n) is 16.6. The molecule has 2 amide bonds. The summed E-state index contributed by atoms with van der Waals surface area (Å²) in [6.07, 6.45) is 3.83. The Labute approximate surface area is 169 Å². The van der Waals surface area contributed by atoms with Gasteiger partial charge in [-0.15, -0.1) is 12.4 Å². The average Bonchev–Trinajstić information content (AvgIpc) is 2.63. The molecule has 27 heavy (non-hydrogen) atoms. The Morgan fingerprint density at radius 2 is 1.81 bits per heavy atom. The molecule has 0 aliphatic carbocycles. The first kappa shape index (κ1) is 23.4. The summed E-state index contributed by atoms with van der Waals surface area (Å²) in [5.41, 5.74) is 1.14. The molecule has 0 spiro atoms. The number of halogens is 1. The van der Waals surface area contributed by atoms with E-state index in [1.165, 1.54) is 0 Å². The van der Waals surface area contributed by atoms with Gasteiger partial charge in [0, 0.05) is 38.5 Å². The number of amides is 2. The quantitative estimate of drug-likeness (QED) is 0.825. The van der Waals surface area contributed by atoms with Crippen molar-refractivity contribution >= 4 is 24.2 Å². The molecule has 1 fully saturated rings. The average molecular weight is 396 g/mol. The molecule has 5 nitrogen and oxygen atoms in total. The summed E-state index contributed by atoms with van der Waals surface area (Å²) in [5.74, 6) is 0.669. The summed E-state index contributed by atoms with van der Waals surface area (Å²) in [7, 11) is 0. The summed E-state index contributed by atoms with van der Waals surface area (Å²) in [4.78, 5) is 26.7. The number of carbonyl (C=O) groups excluding carboxylic acids is 2. The number of benzene rings is 1. The molecule has 2 N–H and O–H groups in total. The van der Waals surface area contributed by atoms with E-state index >= 15 is 0 Å². The van der Waals surface area contributed by atoms with E-state index in [1.807, 2.05) is 23.1 Å². The van der Waals surface area contributed by atoms with Crippen LogP contribution in [0.4, 0.5) is 0 Å². The first-order valence-corrected chi connectivity index (χ1v) is 9.89. The second kappa shape index (κ2) is 12.7. The summed E-state index contributed by atoms with van der Waals surface area (Å²) >= 11 is 0. The van der Waals surface area contributed by atoms with Crippen molar-refractivity contribution in [2.45, 2.75) is 52.0 Å². The highest BCUT2D eigenvalue weighted by Crippen LogP contribution is 2.17. The highest BCUT2D eigenvalue weighted by molar-refractivity contribution is 5.85. The molecule has 1 aliphatic heterocycles. The van der Waals surface area contributed by atoms with Gasteiger partial charge in [0.25, 0.3) is 0 Å². The molecule has 152 valence electrons. The number of hydrogen-bond donors (Lipinski definition) is 2. The van der Waals surface area contributed by atoms with Crippen LogP contribution in [0.5, 0.6) is 0 Å². The molecule has 1 saturated heterocycles. The van der Waals surface area contributed by atoms with Gasteiger partial charge in [-0.05, 0) is 37.3 Å². The molecule has 2 rings (SSSR count). The molecule has 1 aliphatic rings. The van der Waals surface area contributed by atoms with Crippen LogP contribution in [-0.4, -0.2) is 42.9 Å². The Balaban J connectivity index is 0.00000364. The molecule has 0 aromatic heterocycles. The summed E-state index contributed by atoms with van der Waals surface area (Å²) < 4.78 is 0. The van der Waals surface area contributed by atoms with Gasteiger partial charge in [0.05, 0.1) is 0 Å². The normalized spacial score (nSPS) is 19.9. The van der Waals surface area contributed by atoms with Crippen molar-refractivity contribution in [2.24, 2.45) is 5.92 Å². The second-order valence-corrected chi connectivity index (χ2v) is 7.51. The van der Waals surface area contributed by atoms with Crippen LogP contribution in [0.25, 0.3) is 0 Å². The molecule has 1 atom stereocenters. The Kier molecular flexibility index (Phi) is 11.1. The lowest BCUT2D eigenvalue weighted by Gasteiger charge is -2.23. The zero-order chi connectivity index (χ0) is 18.8. The third-order valence-corrected chi connectivity index (χ3v) is 4.70. The Bertz CT molecular complexity index is 566. The van der Waals surface area contributed by atoms with E-state index in [0.717, 1.165) is 44.5 Å². The maximum atomic E-state index is 12.4. The fourth-order valence-electron chi connectivity index (χ4n) is 3.29. The van der Waals surface area contributed by atoms with Crippen molar-refractivity contribution in [3.05, 3.63) is 35.9 Å². The van der Waals surface area contributed by atoms with E-state index in [1.54, 1.807) is 0 Å². The smallest absolute Gasteiger partial charge is 0.222 e. The maximum absolute atomic E-state index is 12.4. The molecular formula is C21H34ClN3O2. The summed E-state index contributed by atoms with van der Waals surface area (Å²) in [6, 6.07) is 10.2.